The molecule has 0 fully saturated rings. The summed E-state index contributed by atoms with van der Waals surface area (Å²) in [6.07, 6.45) is 10.9. The minimum Gasteiger partial charge on any atom is -0.481 e. The first-order valence-corrected chi connectivity index (χ1v) is 15.2. The number of hydrogen-bond acceptors (Lipinski definition) is 9. The van der Waals surface area contributed by atoms with Gasteiger partial charge in [-0.3, -0.25) is 9.55 Å². The molecule has 5 rings (SSSR count). The van der Waals surface area contributed by atoms with Gasteiger partial charge in [-0.15, -0.1) is 30.7 Å². The van der Waals surface area contributed by atoms with E-state index in [1.165, 1.54) is 0 Å². The van der Waals surface area contributed by atoms with E-state index in [1.807, 2.05) is 60.9 Å². The summed E-state index contributed by atoms with van der Waals surface area (Å²) < 4.78 is 23.2. The third kappa shape index (κ3) is 6.56. The molecule has 0 aliphatic carbocycles. The minimum absolute atomic E-state index is 0.373. The molecule has 0 amide bonds. The summed E-state index contributed by atoms with van der Waals surface area (Å²) >= 11 is 6.55. The van der Waals surface area contributed by atoms with Gasteiger partial charge in [0.2, 0.25) is 17.7 Å². The number of ether oxygens (including phenoxy) is 1. The van der Waals surface area contributed by atoms with Crippen molar-refractivity contribution >= 4 is 28.0 Å². The van der Waals surface area contributed by atoms with Crippen molar-refractivity contribution in [3.05, 3.63) is 83.7 Å². The summed E-state index contributed by atoms with van der Waals surface area (Å²) in [4.78, 5) is 9.40. The molecule has 1 N–H and O–H groups in total. The Morgan fingerprint density at radius 1 is 1.02 bits per heavy atom. The van der Waals surface area contributed by atoms with Gasteiger partial charge in [-0.1, -0.05) is 43.7 Å². The van der Waals surface area contributed by atoms with Crippen LogP contribution in [0, 0.1) is 0 Å². The van der Waals surface area contributed by atoms with Crippen molar-refractivity contribution in [3.63, 3.8) is 0 Å². The van der Waals surface area contributed by atoms with Gasteiger partial charge in [-0.25, -0.2) is 4.98 Å². The van der Waals surface area contributed by atoms with Crippen molar-refractivity contribution in [2.45, 2.75) is 25.2 Å². The number of pyridine rings is 2. The zero-order chi connectivity index (χ0) is 28.7. The fourth-order valence-electron chi connectivity index (χ4n) is 3.62. The normalized spacial score (nSPS) is 11.8. The van der Waals surface area contributed by atoms with Crippen molar-refractivity contribution in [1.29, 1.82) is 0 Å². The Labute approximate surface area is 239 Å². The van der Waals surface area contributed by atoms with E-state index < -0.39 is 10.3 Å². The van der Waals surface area contributed by atoms with E-state index in [0.717, 1.165) is 4.90 Å². The lowest BCUT2D eigenvalue weighted by molar-refractivity contribution is 0.398. The molecule has 4 heterocycles. The average Bonchev–Trinajstić information content (AvgIpc) is 3.62. The first-order valence-electron chi connectivity index (χ1n) is 12.5. The number of benzene rings is 1. The molecule has 0 aliphatic heterocycles. The molecule has 0 unspecified atom stereocenters. The van der Waals surface area contributed by atoms with Crippen molar-refractivity contribution in [2.75, 3.05) is 19.6 Å². The largest absolute Gasteiger partial charge is 0.481 e. The second kappa shape index (κ2) is 12.9. The predicted molar refractivity (Wildman–Crippen MR) is 158 cm³/mol. The predicted octanol–water partition coefficient (Wildman–Crippen LogP) is 6.61. The van der Waals surface area contributed by atoms with E-state index in [4.69, 9.17) is 20.8 Å². The van der Waals surface area contributed by atoms with Gasteiger partial charge in [0.05, 0.1) is 17.8 Å². The fourth-order valence-corrected chi connectivity index (χ4v) is 4.55. The Bertz CT molecular complexity index is 1590. The fraction of sp³-hybridized carbons (Fsp3) is 0.214. The Morgan fingerprint density at radius 3 is 2.52 bits per heavy atom. The number of para-hydroxylation sites is 1. The number of hydrogen-bond donors (Lipinski definition) is 1. The van der Waals surface area contributed by atoms with Gasteiger partial charge in [-0.2, -0.15) is 0 Å². The summed E-state index contributed by atoms with van der Waals surface area (Å²) in [5.41, 5.74) is 2.02. The Hall–Kier alpha value is -4.06. The highest BCUT2D eigenvalue weighted by atomic mass is 35.5. The summed E-state index contributed by atoms with van der Waals surface area (Å²) in [5.74, 6) is 2.33. The molecule has 1 aromatic carbocycles. The number of aromatic nitrogens is 7. The van der Waals surface area contributed by atoms with Crippen molar-refractivity contribution < 1.29 is 13.7 Å². The first kappa shape index (κ1) is 28.9. The van der Waals surface area contributed by atoms with Crippen LogP contribution in [0.5, 0.6) is 5.88 Å². The molecular formula is C28H30ClN7O3S. The highest BCUT2D eigenvalue weighted by Gasteiger charge is 2.18. The lowest BCUT2D eigenvalue weighted by atomic mass is 10.2. The SMILES string of the molecule is CC.COc1cc(-c2nnc(CC=Cc3nnc(-c4ccc(S(C)(C)O)cn4)n3-c3ccccc3Cl)o2)ccn1. The van der Waals surface area contributed by atoms with Gasteiger partial charge in [0.15, 0.2) is 11.6 Å². The molecule has 0 spiro atoms. The molecule has 4 aromatic heterocycles. The molecule has 0 saturated heterocycles. The average molecular weight is 580 g/mol. The van der Waals surface area contributed by atoms with Crippen LogP contribution in [0.1, 0.15) is 25.6 Å². The summed E-state index contributed by atoms with van der Waals surface area (Å²) in [6, 6.07) is 14.6. The highest BCUT2D eigenvalue weighted by molar-refractivity contribution is 8.28. The van der Waals surface area contributed by atoms with E-state index >= 15 is 0 Å². The van der Waals surface area contributed by atoms with Crippen LogP contribution in [0.3, 0.4) is 0 Å². The van der Waals surface area contributed by atoms with Crippen LogP contribution in [0.25, 0.3) is 34.7 Å². The molecule has 0 bridgehead atoms. The van der Waals surface area contributed by atoms with Crippen LogP contribution >= 0.6 is 21.9 Å². The van der Waals surface area contributed by atoms with Crippen molar-refractivity contribution in [1.82, 2.24) is 34.9 Å². The van der Waals surface area contributed by atoms with Crippen LogP contribution in [0.4, 0.5) is 0 Å². The number of nitrogens with zero attached hydrogens (tertiary/aromatic N) is 7. The lowest BCUT2D eigenvalue weighted by Crippen LogP contribution is -2.02. The molecule has 0 saturated carbocycles. The van der Waals surface area contributed by atoms with Crippen molar-refractivity contribution in [3.8, 4) is 34.5 Å². The van der Waals surface area contributed by atoms with E-state index in [1.54, 1.807) is 50.2 Å². The van der Waals surface area contributed by atoms with Gasteiger partial charge in [0.1, 0.15) is 5.69 Å². The smallest absolute Gasteiger partial charge is 0.248 e. The maximum Gasteiger partial charge on any atom is 0.248 e. The van der Waals surface area contributed by atoms with Gasteiger partial charge in [0, 0.05) is 35.3 Å². The lowest BCUT2D eigenvalue weighted by Gasteiger charge is -2.23. The second-order valence-electron chi connectivity index (χ2n) is 8.52. The molecule has 0 aliphatic rings. The first-order chi connectivity index (χ1) is 19.3. The summed E-state index contributed by atoms with van der Waals surface area (Å²) in [5, 5.41) is 17.6. The maximum absolute atomic E-state index is 10.4. The minimum atomic E-state index is -1.89. The monoisotopic (exact) mass is 579 g/mol. The van der Waals surface area contributed by atoms with E-state index in [0.29, 0.717) is 57.7 Å². The zero-order valence-corrected chi connectivity index (χ0v) is 24.4. The molecule has 208 valence electrons. The summed E-state index contributed by atoms with van der Waals surface area (Å²) in [7, 11) is -0.344. The van der Waals surface area contributed by atoms with Crippen molar-refractivity contribution in [2.24, 2.45) is 0 Å². The topological polar surface area (TPSA) is 125 Å². The quantitative estimate of drug-likeness (QED) is 0.216. The highest BCUT2D eigenvalue weighted by Crippen LogP contribution is 2.44. The Kier molecular flexibility index (Phi) is 9.30. The van der Waals surface area contributed by atoms with E-state index in [-0.39, 0.29) is 0 Å². The molecule has 40 heavy (non-hydrogen) atoms. The van der Waals surface area contributed by atoms with E-state index in [9.17, 15) is 4.55 Å². The number of halogens is 1. The number of rotatable bonds is 8. The van der Waals surface area contributed by atoms with E-state index in [2.05, 4.69) is 30.4 Å². The molecular weight excluding hydrogens is 550 g/mol. The third-order valence-corrected chi connectivity index (χ3v) is 7.26. The number of methoxy groups -OCH3 is 1. The second-order valence-corrected chi connectivity index (χ2v) is 11.9. The third-order valence-electron chi connectivity index (χ3n) is 5.54. The Morgan fingerprint density at radius 2 is 1.82 bits per heavy atom. The van der Waals surface area contributed by atoms with Gasteiger partial charge in [0.25, 0.3) is 0 Å². The van der Waals surface area contributed by atoms with Gasteiger partial charge >= 0.3 is 0 Å². The molecule has 5 aromatic rings. The summed E-state index contributed by atoms with van der Waals surface area (Å²) in [6.45, 7) is 4.00. The van der Waals surface area contributed by atoms with Gasteiger partial charge in [-0.05, 0) is 48.9 Å². The molecule has 10 nitrogen and oxygen atoms in total. The number of allylic oxidation sites excluding steroid dienone is 1. The van der Waals surface area contributed by atoms with Crippen LogP contribution < -0.4 is 4.74 Å². The standard InChI is InChI=1S/C26H24ClN7O3S.C2H6/c1-36-24-15-17(13-14-28-24)26-33-31-23(37-26)10-6-9-22-30-32-25(34(22)21-8-5-4-7-19(21)27)20-12-11-18(16-29-20)38(2,3)35;1-2/h4-9,11-16,35H,10H2,1-3H3;1-2H3. The van der Waals surface area contributed by atoms with Crippen LogP contribution in [0.15, 0.2) is 76.3 Å². The molecule has 0 radical (unpaired) electrons. The van der Waals surface area contributed by atoms with Crippen LogP contribution in [0.2, 0.25) is 5.02 Å². The molecule has 12 heteroatoms. The van der Waals surface area contributed by atoms with Crippen LogP contribution in [-0.2, 0) is 6.42 Å². The molecule has 0 atom stereocenters. The maximum atomic E-state index is 10.4. The van der Waals surface area contributed by atoms with Crippen LogP contribution in [-0.4, -0.2) is 59.1 Å². The Balaban J connectivity index is 0.00000181. The van der Waals surface area contributed by atoms with Gasteiger partial charge < -0.3 is 13.7 Å². The zero-order valence-electron chi connectivity index (χ0n) is 22.8.